The van der Waals surface area contributed by atoms with Crippen LogP contribution in [0.2, 0.25) is 0 Å². The fourth-order valence-corrected chi connectivity index (χ4v) is 7.32. The lowest BCUT2D eigenvalue weighted by atomic mass is 9.92. The molecule has 0 spiro atoms. The normalized spacial score (nSPS) is 11.4. The van der Waals surface area contributed by atoms with Gasteiger partial charge in [-0.3, -0.25) is 4.40 Å². The molecular formula is C48H31N5. The number of fused-ring (bicyclic) bond motifs is 5. The molecular weight excluding hydrogens is 647 g/mol. The molecule has 248 valence electrons. The first-order valence-electron chi connectivity index (χ1n) is 17.7. The molecule has 0 aliphatic carbocycles. The number of aromatic nitrogens is 5. The van der Waals surface area contributed by atoms with Gasteiger partial charge in [-0.2, -0.15) is 0 Å². The van der Waals surface area contributed by atoms with E-state index in [4.69, 9.17) is 19.9 Å². The van der Waals surface area contributed by atoms with E-state index in [2.05, 4.69) is 144 Å². The summed E-state index contributed by atoms with van der Waals surface area (Å²) >= 11 is 0. The average molecular weight is 678 g/mol. The van der Waals surface area contributed by atoms with E-state index in [-0.39, 0.29) is 0 Å². The molecule has 0 aliphatic heterocycles. The van der Waals surface area contributed by atoms with Crippen molar-refractivity contribution in [2.24, 2.45) is 0 Å². The first-order chi connectivity index (χ1) is 26.3. The number of nitrogens with zero attached hydrogens (tertiary/aromatic N) is 5. The molecule has 5 heteroatoms. The Hall–Kier alpha value is -7.24. The molecule has 53 heavy (non-hydrogen) atoms. The van der Waals surface area contributed by atoms with Gasteiger partial charge in [-0.1, -0.05) is 152 Å². The van der Waals surface area contributed by atoms with Crippen molar-refractivity contribution in [3.05, 3.63) is 188 Å². The van der Waals surface area contributed by atoms with Gasteiger partial charge in [0.25, 0.3) is 0 Å². The van der Waals surface area contributed by atoms with Crippen LogP contribution < -0.4 is 0 Å². The molecule has 4 heterocycles. The van der Waals surface area contributed by atoms with Crippen LogP contribution in [0.4, 0.5) is 0 Å². The SMILES string of the molecule is c1ccc(-c2cccc(-c3nc(-c4ccccc4)c(-c4cccc(-c5nc6ccccc6c6nc7ccccn7c56)c4)c(-c4ccccc4)n3)c2)cc1. The predicted octanol–water partition coefficient (Wildman–Crippen LogP) is 11.8. The van der Waals surface area contributed by atoms with Crippen molar-refractivity contribution in [3.63, 3.8) is 0 Å². The van der Waals surface area contributed by atoms with Gasteiger partial charge in [-0.15, -0.1) is 0 Å². The van der Waals surface area contributed by atoms with Crippen LogP contribution in [-0.2, 0) is 0 Å². The largest absolute Gasteiger partial charge is 0.298 e. The Labute approximate surface area is 306 Å². The lowest BCUT2D eigenvalue weighted by Gasteiger charge is -2.18. The van der Waals surface area contributed by atoms with Crippen LogP contribution in [0.3, 0.4) is 0 Å². The highest BCUT2D eigenvalue weighted by atomic mass is 15.0. The first kappa shape index (κ1) is 30.6. The number of rotatable bonds is 6. The third-order valence-corrected chi connectivity index (χ3v) is 9.80. The second kappa shape index (κ2) is 12.8. The van der Waals surface area contributed by atoms with Crippen LogP contribution >= 0.6 is 0 Å². The number of hydrogen-bond acceptors (Lipinski definition) is 4. The quantitative estimate of drug-likeness (QED) is 0.176. The van der Waals surface area contributed by atoms with Gasteiger partial charge in [0.15, 0.2) is 5.82 Å². The van der Waals surface area contributed by atoms with Crippen molar-refractivity contribution in [1.29, 1.82) is 0 Å². The molecule has 0 atom stereocenters. The first-order valence-corrected chi connectivity index (χ1v) is 17.7. The van der Waals surface area contributed by atoms with E-state index in [1.165, 1.54) is 0 Å². The Balaban J connectivity index is 1.24. The third-order valence-electron chi connectivity index (χ3n) is 9.80. The van der Waals surface area contributed by atoms with Crippen molar-refractivity contribution in [1.82, 2.24) is 24.3 Å². The van der Waals surface area contributed by atoms with Crippen LogP contribution in [0.5, 0.6) is 0 Å². The number of hydrogen-bond donors (Lipinski definition) is 0. The van der Waals surface area contributed by atoms with Crippen LogP contribution in [0.15, 0.2) is 188 Å². The Morgan fingerprint density at radius 2 is 0.906 bits per heavy atom. The standard InChI is InChI=1S/C48H31N5/c1-4-16-32(17-5-1)35-22-14-25-38(30-35)48-51-43(33-18-6-2-7-19-33)42(44(52-48)34-20-8-3-9-21-34)36-23-15-24-37(31-36)45-47-46(39-26-10-11-27-40(39)49-45)50-41-28-12-13-29-53(41)47/h1-31H. The van der Waals surface area contributed by atoms with Gasteiger partial charge in [0.05, 0.1) is 28.1 Å². The number of imidazole rings is 1. The second-order valence-corrected chi connectivity index (χ2v) is 13.1. The molecule has 10 rings (SSSR count). The molecule has 0 fully saturated rings. The molecule has 10 aromatic rings. The fourth-order valence-electron chi connectivity index (χ4n) is 7.32. The van der Waals surface area contributed by atoms with Crippen molar-refractivity contribution >= 4 is 27.6 Å². The molecule has 0 amide bonds. The highest BCUT2D eigenvalue weighted by molar-refractivity contribution is 6.09. The van der Waals surface area contributed by atoms with E-state index in [1.807, 2.05) is 48.5 Å². The minimum absolute atomic E-state index is 0.670. The zero-order chi connectivity index (χ0) is 35.1. The van der Waals surface area contributed by atoms with E-state index < -0.39 is 0 Å². The minimum atomic E-state index is 0.670. The Bertz CT molecular complexity index is 2870. The molecule has 0 bridgehead atoms. The van der Waals surface area contributed by atoms with Gasteiger partial charge in [-0.25, -0.2) is 19.9 Å². The number of pyridine rings is 2. The van der Waals surface area contributed by atoms with Crippen molar-refractivity contribution in [2.45, 2.75) is 0 Å². The summed E-state index contributed by atoms with van der Waals surface area (Å²) in [6.45, 7) is 0. The maximum atomic E-state index is 5.40. The molecule has 0 N–H and O–H groups in total. The van der Waals surface area contributed by atoms with Gasteiger partial charge in [-0.05, 0) is 47.0 Å². The zero-order valence-electron chi connectivity index (χ0n) is 28.6. The maximum Gasteiger partial charge on any atom is 0.160 e. The average Bonchev–Trinajstić information content (AvgIpc) is 3.64. The van der Waals surface area contributed by atoms with Gasteiger partial charge in [0.1, 0.15) is 11.2 Å². The summed E-state index contributed by atoms with van der Waals surface area (Å²) in [4.78, 5) is 21.2. The summed E-state index contributed by atoms with van der Waals surface area (Å²) in [5.41, 5.74) is 14.5. The van der Waals surface area contributed by atoms with E-state index in [1.54, 1.807) is 0 Å². The topological polar surface area (TPSA) is 56.0 Å². The molecule has 4 aromatic heterocycles. The summed E-state index contributed by atoms with van der Waals surface area (Å²) in [5.74, 6) is 0.670. The summed E-state index contributed by atoms with van der Waals surface area (Å²) in [7, 11) is 0. The van der Waals surface area contributed by atoms with E-state index >= 15 is 0 Å². The Morgan fingerprint density at radius 3 is 1.62 bits per heavy atom. The molecule has 0 unspecified atom stereocenters. The van der Waals surface area contributed by atoms with Gasteiger partial charge in [0.2, 0.25) is 0 Å². The third kappa shape index (κ3) is 5.43. The molecule has 5 nitrogen and oxygen atoms in total. The van der Waals surface area contributed by atoms with Crippen LogP contribution in [0.25, 0.3) is 95.0 Å². The van der Waals surface area contributed by atoms with Crippen LogP contribution in [0.1, 0.15) is 0 Å². The molecule has 0 saturated carbocycles. The van der Waals surface area contributed by atoms with Gasteiger partial charge < -0.3 is 0 Å². The Kier molecular flexibility index (Phi) is 7.40. The van der Waals surface area contributed by atoms with Gasteiger partial charge in [0, 0.05) is 39.4 Å². The van der Waals surface area contributed by atoms with E-state index in [9.17, 15) is 0 Å². The van der Waals surface area contributed by atoms with Crippen LogP contribution in [0, 0.1) is 0 Å². The Morgan fingerprint density at radius 1 is 0.358 bits per heavy atom. The summed E-state index contributed by atoms with van der Waals surface area (Å²) in [5, 5.41) is 1.03. The smallest absolute Gasteiger partial charge is 0.160 e. The van der Waals surface area contributed by atoms with Crippen molar-refractivity contribution in [3.8, 4) is 67.4 Å². The monoisotopic (exact) mass is 677 g/mol. The number of para-hydroxylation sites is 1. The lowest BCUT2D eigenvalue weighted by Crippen LogP contribution is -2.01. The zero-order valence-corrected chi connectivity index (χ0v) is 28.6. The number of benzene rings is 6. The van der Waals surface area contributed by atoms with Crippen molar-refractivity contribution < 1.29 is 0 Å². The summed E-state index contributed by atoms with van der Waals surface area (Å²) in [6.07, 6.45) is 2.06. The summed E-state index contributed by atoms with van der Waals surface area (Å²) < 4.78 is 2.14. The summed E-state index contributed by atoms with van der Waals surface area (Å²) in [6, 6.07) is 62.8. The van der Waals surface area contributed by atoms with Crippen LogP contribution in [-0.4, -0.2) is 24.3 Å². The molecule has 0 radical (unpaired) electrons. The maximum absolute atomic E-state index is 5.40. The van der Waals surface area contributed by atoms with Crippen molar-refractivity contribution in [2.75, 3.05) is 0 Å². The highest BCUT2D eigenvalue weighted by Gasteiger charge is 2.22. The van der Waals surface area contributed by atoms with E-state index in [0.29, 0.717) is 5.82 Å². The highest BCUT2D eigenvalue weighted by Crippen LogP contribution is 2.42. The van der Waals surface area contributed by atoms with Gasteiger partial charge >= 0.3 is 0 Å². The predicted molar refractivity (Wildman–Crippen MR) is 216 cm³/mol. The minimum Gasteiger partial charge on any atom is -0.298 e. The molecule has 6 aromatic carbocycles. The lowest BCUT2D eigenvalue weighted by molar-refractivity contribution is 1.18. The molecule has 0 aliphatic rings. The fraction of sp³-hybridized carbons (Fsp3) is 0. The molecule has 0 saturated heterocycles. The second-order valence-electron chi connectivity index (χ2n) is 13.1. The van der Waals surface area contributed by atoms with E-state index in [0.717, 1.165) is 89.2 Å².